The van der Waals surface area contributed by atoms with E-state index in [9.17, 15) is 0 Å². The minimum absolute atomic E-state index is 0.768. The highest BCUT2D eigenvalue weighted by Crippen LogP contribution is 2.25. The summed E-state index contributed by atoms with van der Waals surface area (Å²) in [7, 11) is 3.41. The Morgan fingerprint density at radius 2 is 1.89 bits per heavy atom. The molecule has 2 rings (SSSR count). The SMILES string of the molecule is CCNC(=NCCCOCC)N1CCN(Cc2cc(OC)ccc2OC)CC1. The zero-order valence-corrected chi connectivity index (χ0v) is 17.9. The van der Waals surface area contributed by atoms with Crippen LogP contribution in [0.5, 0.6) is 11.5 Å². The van der Waals surface area contributed by atoms with Gasteiger partial charge in [-0.2, -0.15) is 0 Å². The standard InChI is InChI=1S/C21H36N4O3/c1-5-22-21(23-10-7-15-28-6-2)25-13-11-24(12-14-25)17-18-16-19(26-3)8-9-20(18)27-4/h8-9,16H,5-7,10-15,17H2,1-4H3,(H,22,23). The van der Waals surface area contributed by atoms with Crippen LogP contribution in [0.3, 0.4) is 0 Å². The molecule has 1 aromatic rings. The predicted molar refractivity (Wildman–Crippen MR) is 113 cm³/mol. The van der Waals surface area contributed by atoms with Crippen molar-refractivity contribution < 1.29 is 14.2 Å². The minimum Gasteiger partial charge on any atom is -0.497 e. The molecule has 1 aromatic carbocycles. The highest BCUT2D eigenvalue weighted by molar-refractivity contribution is 5.80. The van der Waals surface area contributed by atoms with Crippen molar-refractivity contribution in [2.24, 2.45) is 4.99 Å². The van der Waals surface area contributed by atoms with Gasteiger partial charge in [-0.25, -0.2) is 0 Å². The molecule has 1 heterocycles. The Labute approximate surface area is 169 Å². The molecule has 0 atom stereocenters. The van der Waals surface area contributed by atoms with Crippen molar-refractivity contribution in [3.63, 3.8) is 0 Å². The number of ether oxygens (including phenoxy) is 3. The fourth-order valence-corrected chi connectivity index (χ4v) is 3.29. The van der Waals surface area contributed by atoms with Crippen LogP contribution in [-0.4, -0.2) is 82.5 Å². The molecule has 1 aliphatic heterocycles. The summed E-state index contributed by atoms with van der Waals surface area (Å²) in [6, 6.07) is 5.97. The first kappa shape index (κ1) is 22.3. The van der Waals surface area contributed by atoms with Crippen molar-refractivity contribution in [3.8, 4) is 11.5 Å². The number of methoxy groups -OCH3 is 2. The number of nitrogens with zero attached hydrogens (tertiary/aromatic N) is 3. The summed E-state index contributed by atoms with van der Waals surface area (Å²) >= 11 is 0. The van der Waals surface area contributed by atoms with Crippen LogP contribution < -0.4 is 14.8 Å². The lowest BCUT2D eigenvalue weighted by atomic mass is 10.1. The molecule has 0 saturated carbocycles. The van der Waals surface area contributed by atoms with E-state index in [1.165, 1.54) is 0 Å². The highest BCUT2D eigenvalue weighted by atomic mass is 16.5. The fourth-order valence-electron chi connectivity index (χ4n) is 3.29. The number of guanidine groups is 1. The first-order valence-electron chi connectivity index (χ1n) is 10.3. The third kappa shape index (κ3) is 6.87. The van der Waals surface area contributed by atoms with Gasteiger partial charge >= 0.3 is 0 Å². The second kappa shape index (κ2) is 12.5. The Morgan fingerprint density at radius 3 is 2.54 bits per heavy atom. The summed E-state index contributed by atoms with van der Waals surface area (Å²) in [6.45, 7) is 12.1. The first-order valence-corrected chi connectivity index (χ1v) is 10.3. The maximum atomic E-state index is 5.52. The summed E-state index contributed by atoms with van der Waals surface area (Å²) < 4.78 is 16.3. The van der Waals surface area contributed by atoms with Crippen LogP contribution in [0.25, 0.3) is 0 Å². The lowest BCUT2D eigenvalue weighted by Gasteiger charge is -2.36. The smallest absolute Gasteiger partial charge is 0.194 e. The molecule has 0 unspecified atom stereocenters. The molecule has 7 heteroatoms. The third-order valence-electron chi connectivity index (χ3n) is 4.80. The average Bonchev–Trinajstić information content (AvgIpc) is 2.73. The first-order chi connectivity index (χ1) is 13.7. The normalized spacial score (nSPS) is 15.6. The van der Waals surface area contributed by atoms with Crippen molar-refractivity contribution in [1.82, 2.24) is 15.1 Å². The van der Waals surface area contributed by atoms with Crippen LogP contribution in [-0.2, 0) is 11.3 Å². The van der Waals surface area contributed by atoms with Gasteiger partial charge in [0.15, 0.2) is 5.96 Å². The summed E-state index contributed by atoms with van der Waals surface area (Å²) in [5.41, 5.74) is 1.16. The zero-order valence-electron chi connectivity index (χ0n) is 17.9. The third-order valence-corrected chi connectivity index (χ3v) is 4.80. The van der Waals surface area contributed by atoms with Crippen LogP contribution in [0.15, 0.2) is 23.2 Å². The van der Waals surface area contributed by atoms with E-state index in [1.807, 2.05) is 19.1 Å². The average molecular weight is 393 g/mol. The fraction of sp³-hybridized carbons (Fsp3) is 0.667. The van der Waals surface area contributed by atoms with Gasteiger partial charge in [0, 0.05) is 64.6 Å². The second-order valence-corrected chi connectivity index (χ2v) is 6.73. The van der Waals surface area contributed by atoms with E-state index in [2.05, 4.69) is 28.1 Å². The van der Waals surface area contributed by atoms with E-state index in [0.717, 1.165) is 88.5 Å². The minimum atomic E-state index is 0.768. The number of hydrogen-bond donors (Lipinski definition) is 1. The molecular formula is C21H36N4O3. The van der Waals surface area contributed by atoms with Crippen molar-refractivity contribution in [2.75, 3.05) is 66.7 Å². The molecule has 0 bridgehead atoms. The van der Waals surface area contributed by atoms with Crippen molar-refractivity contribution >= 4 is 5.96 Å². The van der Waals surface area contributed by atoms with Gasteiger partial charge in [0.05, 0.1) is 14.2 Å². The van der Waals surface area contributed by atoms with Crippen LogP contribution in [0.1, 0.15) is 25.8 Å². The van der Waals surface area contributed by atoms with E-state index in [1.54, 1.807) is 14.2 Å². The van der Waals surface area contributed by atoms with Crippen molar-refractivity contribution in [3.05, 3.63) is 23.8 Å². The largest absolute Gasteiger partial charge is 0.497 e. The summed E-state index contributed by atoms with van der Waals surface area (Å²) in [5.74, 6) is 2.79. The van der Waals surface area contributed by atoms with Crippen LogP contribution in [0.2, 0.25) is 0 Å². The van der Waals surface area contributed by atoms with Crippen LogP contribution in [0.4, 0.5) is 0 Å². The molecule has 158 valence electrons. The molecule has 0 radical (unpaired) electrons. The zero-order chi connectivity index (χ0) is 20.2. The Kier molecular flexibility index (Phi) is 9.93. The number of nitrogens with one attached hydrogen (secondary N) is 1. The molecule has 0 aromatic heterocycles. The van der Waals surface area contributed by atoms with Gasteiger partial charge < -0.3 is 24.4 Å². The number of rotatable bonds is 10. The van der Waals surface area contributed by atoms with Gasteiger partial charge in [0.1, 0.15) is 11.5 Å². The Morgan fingerprint density at radius 1 is 1.11 bits per heavy atom. The lowest BCUT2D eigenvalue weighted by molar-refractivity contribution is 0.146. The lowest BCUT2D eigenvalue weighted by Crippen LogP contribution is -2.52. The van der Waals surface area contributed by atoms with E-state index < -0.39 is 0 Å². The number of piperazine rings is 1. The highest BCUT2D eigenvalue weighted by Gasteiger charge is 2.20. The molecule has 28 heavy (non-hydrogen) atoms. The van der Waals surface area contributed by atoms with Crippen molar-refractivity contribution in [2.45, 2.75) is 26.8 Å². The van der Waals surface area contributed by atoms with Crippen LogP contribution >= 0.6 is 0 Å². The molecule has 0 spiro atoms. The van der Waals surface area contributed by atoms with Gasteiger partial charge in [-0.05, 0) is 38.5 Å². The predicted octanol–water partition coefficient (Wildman–Crippen LogP) is 2.21. The van der Waals surface area contributed by atoms with Gasteiger partial charge in [-0.3, -0.25) is 9.89 Å². The van der Waals surface area contributed by atoms with E-state index in [4.69, 9.17) is 19.2 Å². The van der Waals surface area contributed by atoms with Crippen LogP contribution in [0, 0.1) is 0 Å². The Balaban J connectivity index is 1.89. The summed E-state index contributed by atoms with van der Waals surface area (Å²) in [6.07, 6.45) is 0.957. The molecule has 1 saturated heterocycles. The molecular weight excluding hydrogens is 356 g/mol. The summed E-state index contributed by atoms with van der Waals surface area (Å²) in [4.78, 5) is 9.57. The second-order valence-electron chi connectivity index (χ2n) is 6.73. The number of aliphatic imine (C=N–C) groups is 1. The van der Waals surface area contributed by atoms with E-state index in [-0.39, 0.29) is 0 Å². The van der Waals surface area contributed by atoms with E-state index >= 15 is 0 Å². The van der Waals surface area contributed by atoms with Gasteiger partial charge in [0.2, 0.25) is 0 Å². The Hall–Kier alpha value is -1.99. The molecule has 1 N–H and O–H groups in total. The monoisotopic (exact) mass is 392 g/mol. The van der Waals surface area contributed by atoms with Gasteiger partial charge in [-0.1, -0.05) is 0 Å². The van der Waals surface area contributed by atoms with Crippen molar-refractivity contribution in [1.29, 1.82) is 0 Å². The maximum Gasteiger partial charge on any atom is 0.194 e. The number of benzene rings is 1. The molecule has 0 aliphatic carbocycles. The molecule has 1 aliphatic rings. The molecule has 7 nitrogen and oxygen atoms in total. The van der Waals surface area contributed by atoms with Gasteiger partial charge in [0.25, 0.3) is 0 Å². The van der Waals surface area contributed by atoms with E-state index in [0.29, 0.717) is 0 Å². The Bertz CT molecular complexity index is 601. The summed E-state index contributed by atoms with van der Waals surface area (Å²) in [5, 5.41) is 3.42. The molecule has 0 amide bonds. The quantitative estimate of drug-likeness (QED) is 0.374. The maximum absolute atomic E-state index is 5.52. The topological polar surface area (TPSA) is 58.6 Å². The van der Waals surface area contributed by atoms with Gasteiger partial charge in [-0.15, -0.1) is 0 Å². The number of hydrogen-bond acceptors (Lipinski definition) is 5. The molecule has 1 fully saturated rings.